The van der Waals surface area contributed by atoms with E-state index < -0.39 is 0 Å². The van der Waals surface area contributed by atoms with Crippen LogP contribution in [0.15, 0.2) is 23.4 Å². The summed E-state index contributed by atoms with van der Waals surface area (Å²) in [6.45, 7) is 2.58. The molecule has 0 fully saturated rings. The molecule has 0 unspecified atom stereocenters. The molecule has 84 valence electrons. The van der Waals surface area contributed by atoms with Gasteiger partial charge in [-0.05, 0) is 17.7 Å². The number of hydrogen-bond donors (Lipinski definition) is 1. The van der Waals surface area contributed by atoms with Gasteiger partial charge in [0.25, 0.3) is 0 Å². The summed E-state index contributed by atoms with van der Waals surface area (Å²) in [5.74, 6) is -0.111. The minimum atomic E-state index is -0.111. The molecule has 1 aromatic heterocycles. The summed E-state index contributed by atoms with van der Waals surface area (Å²) < 4.78 is 1.62. The molecule has 0 bridgehead atoms. The van der Waals surface area contributed by atoms with Crippen molar-refractivity contribution >= 4 is 28.2 Å². The monoisotopic (exact) mass is 238 g/mol. The van der Waals surface area contributed by atoms with Gasteiger partial charge in [0.05, 0.1) is 10.5 Å². The van der Waals surface area contributed by atoms with E-state index in [1.807, 2.05) is 6.92 Å². The van der Waals surface area contributed by atoms with E-state index in [1.54, 1.807) is 22.8 Å². The standard InChI is InChI=1S/C11H11ClN2O2/c1-2-6-14-10-7(4-3-5-8(10)12)9(13-16)11(14)15/h3-5,15H,2,6H2,1H3. The molecule has 0 saturated heterocycles. The summed E-state index contributed by atoms with van der Waals surface area (Å²) in [5, 5.41) is 13.8. The molecule has 2 rings (SSSR count). The van der Waals surface area contributed by atoms with Crippen molar-refractivity contribution in [2.45, 2.75) is 19.9 Å². The minimum Gasteiger partial charge on any atom is -0.493 e. The topological polar surface area (TPSA) is 54.6 Å². The van der Waals surface area contributed by atoms with Crippen LogP contribution in [0.5, 0.6) is 5.88 Å². The van der Waals surface area contributed by atoms with Gasteiger partial charge in [0.1, 0.15) is 0 Å². The summed E-state index contributed by atoms with van der Waals surface area (Å²) in [6.07, 6.45) is 0.834. The number of para-hydroxylation sites is 1. The zero-order chi connectivity index (χ0) is 11.7. The molecule has 0 atom stereocenters. The Morgan fingerprint density at radius 3 is 2.88 bits per heavy atom. The third-order valence-corrected chi connectivity index (χ3v) is 2.82. The molecule has 0 saturated carbocycles. The summed E-state index contributed by atoms with van der Waals surface area (Å²) >= 11 is 6.06. The maximum absolute atomic E-state index is 10.7. The molecular weight excluding hydrogens is 228 g/mol. The maximum Gasteiger partial charge on any atom is 0.222 e. The van der Waals surface area contributed by atoms with Crippen LogP contribution in [0.1, 0.15) is 13.3 Å². The highest BCUT2D eigenvalue weighted by atomic mass is 35.5. The predicted molar refractivity (Wildman–Crippen MR) is 64.4 cm³/mol. The fourth-order valence-corrected chi connectivity index (χ4v) is 2.14. The molecule has 0 radical (unpaired) electrons. The van der Waals surface area contributed by atoms with Crippen molar-refractivity contribution < 1.29 is 5.11 Å². The summed E-state index contributed by atoms with van der Waals surface area (Å²) in [7, 11) is 0. The number of rotatable bonds is 3. The van der Waals surface area contributed by atoms with Crippen LogP contribution in [-0.2, 0) is 6.54 Å². The van der Waals surface area contributed by atoms with E-state index >= 15 is 0 Å². The summed E-state index contributed by atoms with van der Waals surface area (Å²) in [4.78, 5) is 10.7. The van der Waals surface area contributed by atoms with Crippen LogP contribution in [0, 0.1) is 4.91 Å². The van der Waals surface area contributed by atoms with Crippen LogP contribution < -0.4 is 0 Å². The van der Waals surface area contributed by atoms with Crippen molar-refractivity contribution in [1.82, 2.24) is 4.57 Å². The van der Waals surface area contributed by atoms with Crippen LogP contribution in [0.2, 0.25) is 5.02 Å². The van der Waals surface area contributed by atoms with Crippen LogP contribution in [0.3, 0.4) is 0 Å². The molecule has 0 spiro atoms. The van der Waals surface area contributed by atoms with Crippen molar-refractivity contribution in [3.63, 3.8) is 0 Å². The molecule has 0 aliphatic heterocycles. The minimum absolute atomic E-state index is 0.0611. The fourth-order valence-electron chi connectivity index (χ4n) is 1.87. The molecule has 4 nitrogen and oxygen atoms in total. The van der Waals surface area contributed by atoms with Gasteiger partial charge in [-0.1, -0.05) is 30.7 Å². The Bertz CT molecular complexity index is 548. The van der Waals surface area contributed by atoms with Crippen molar-refractivity contribution in [3.05, 3.63) is 28.1 Å². The molecule has 1 heterocycles. The first-order valence-electron chi connectivity index (χ1n) is 5.03. The second kappa shape index (κ2) is 4.14. The lowest BCUT2D eigenvalue weighted by molar-refractivity contribution is 0.421. The van der Waals surface area contributed by atoms with Crippen molar-refractivity contribution in [2.24, 2.45) is 5.18 Å². The first-order chi connectivity index (χ1) is 7.70. The quantitative estimate of drug-likeness (QED) is 0.827. The molecule has 0 aliphatic carbocycles. The largest absolute Gasteiger partial charge is 0.493 e. The molecular formula is C11H11ClN2O2. The number of aryl methyl sites for hydroxylation is 1. The fraction of sp³-hybridized carbons (Fsp3) is 0.273. The second-order valence-corrected chi connectivity index (χ2v) is 3.96. The average Bonchev–Trinajstić information content (AvgIpc) is 2.54. The van der Waals surface area contributed by atoms with Gasteiger partial charge < -0.3 is 9.67 Å². The van der Waals surface area contributed by atoms with E-state index in [2.05, 4.69) is 5.18 Å². The first kappa shape index (κ1) is 11.0. The normalized spacial score (nSPS) is 10.9. The number of aromatic hydroxyl groups is 1. The zero-order valence-corrected chi connectivity index (χ0v) is 9.53. The third kappa shape index (κ3) is 1.46. The number of nitroso groups, excluding NO2 is 1. The van der Waals surface area contributed by atoms with Crippen molar-refractivity contribution in [2.75, 3.05) is 0 Å². The highest BCUT2D eigenvalue weighted by Crippen LogP contribution is 2.41. The van der Waals surface area contributed by atoms with Crippen LogP contribution in [0.4, 0.5) is 5.69 Å². The summed E-state index contributed by atoms with van der Waals surface area (Å²) in [6, 6.07) is 5.18. The van der Waals surface area contributed by atoms with E-state index in [4.69, 9.17) is 11.6 Å². The van der Waals surface area contributed by atoms with Gasteiger partial charge in [-0.2, -0.15) is 0 Å². The van der Waals surface area contributed by atoms with Gasteiger partial charge in [-0.3, -0.25) is 0 Å². The number of benzene rings is 1. The van der Waals surface area contributed by atoms with E-state index in [1.165, 1.54) is 0 Å². The van der Waals surface area contributed by atoms with Crippen LogP contribution >= 0.6 is 11.6 Å². The molecule has 1 aromatic carbocycles. The van der Waals surface area contributed by atoms with Crippen molar-refractivity contribution in [1.29, 1.82) is 0 Å². The molecule has 16 heavy (non-hydrogen) atoms. The number of hydrogen-bond acceptors (Lipinski definition) is 3. The summed E-state index contributed by atoms with van der Waals surface area (Å²) in [5.41, 5.74) is 0.726. The number of fused-ring (bicyclic) bond motifs is 1. The average molecular weight is 239 g/mol. The molecule has 5 heteroatoms. The van der Waals surface area contributed by atoms with E-state index in [0.29, 0.717) is 22.5 Å². The van der Waals surface area contributed by atoms with Gasteiger partial charge in [-0.25, -0.2) is 0 Å². The number of nitrogens with zero attached hydrogens (tertiary/aromatic N) is 2. The Labute approximate surface area is 97.4 Å². The van der Waals surface area contributed by atoms with E-state index in [0.717, 1.165) is 6.42 Å². The predicted octanol–water partition coefficient (Wildman–Crippen LogP) is 3.81. The first-order valence-corrected chi connectivity index (χ1v) is 5.41. The molecule has 0 amide bonds. The van der Waals surface area contributed by atoms with E-state index in [9.17, 15) is 10.0 Å². The van der Waals surface area contributed by atoms with Crippen LogP contribution in [-0.4, -0.2) is 9.67 Å². The Kier molecular flexibility index (Phi) is 2.83. The SMILES string of the molecule is CCCn1c(O)c(N=O)c2cccc(Cl)c21. The Hall–Kier alpha value is -1.55. The lowest BCUT2D eigenvalue weighted by atomic mass is 10.2. The van der Waals surface area contributed by atoms with Gasteiger partial charge in [0, 0.05) is 11.9 Å². The van der Waals surface area contributed by atoms with Crippen molar-refractivity contribution in [3.8, 4) is 5.88 Å². The third-order valence-electron chi connectivity index (χ3n) is 2.52. The molecule has 1 N–H and O–H groups in total. The van der Waals surface area contributed by atoms with Gasteiger partial charge in [0.15, 0.2) is 5.69 Å². The Morgan fingerprint density at radius 2 is 2.25 bits per heavy atom. The second-order valence-electron chi connectivity index (χ2n) is 3.55. The molecule has 2 aromatic rings. The highest BCUT2D eigenvalue weighted by Gasteiger charge is 2.18. The Balaban J connectivity index is 2.86. The van der Waals surface area contributed by atoms with Gasteiger partial charge in [0.2, 0.25) is 5.88 Å². The maximum atomic E-state index is 10.7. The van der Waals surface area contributed by atoms with Gasteiger partial charge in [-0.15, -0.1) is 4.91 Å². The van der Waals surface area contributed by atoms with Crippen LogP contribution in [0.25, 0.3) is 10.9 Å². The smallest absolute Gasteiger partial charge is 0.222 e. The zero-order valence-electron chi connectivity index (χ0n) is 8.77. The van der Waals surface area contributed by atoms with Gasteiger partial charge >= 0.3 is 0 Å². The highest BCUT2D eigenvalue weighted by molar-refractivity contribution is 6.35. The lowest BCUT2D eigenvalue weighted by Crippen LogP contribution is -1.95. The number of halogens is 1. The lowest BCUT2D eigenvalue weighted by Gasteiger charge is -2.05. The van der Waals surface area contributed by atoms with E-state index in [-0.39, 0.29) is 11.6 Å². The molecule has 0 aliphatic rings. The number of aromatic nitrogens is 1. The Morgan fingerprint density at radius 1 is 1.50 bits per heavy atom.